The van der Waals surface area contributed by atoms with Crippen molar-refractivity contribution in [2.75, 3.05) is 26.3 Å². The van der Waals surface area contributed by atoms with Crippen LogP contribution in [0.15, 0.2) is 36.4 Å². The summed E-state index contributed by atoms with van der Waals surface area (Å²) >= 11 is 0. The second kappa shape index (κ2) is 12.9. The van der Waals surface area contributed by atoms with E-state index >= 15 is 0 Å². The van der Waals surface area contributed by atoms with E-state index in [0.29, 0.717) is 6.61 Å². The maximum absolute atomic E-state index is 5.60. The molecule has 0 atom stereocenters. The summed E-state index contributed by atoms with van der Waals surface area (Å²) in [5.74, 6) is 0. The Morgan fingerprint density at radius 1 is 1.00 bits per heavy atom. The molecule has 2 nitrogen and oxygen atoms in total. The van der Waals surface area contributed by atoms with Crippen molar-refractivity contribution in [3.8, 4) is 0 Å². The molecular weight excluding hydrogens is 246 g/mol. The third-order valence-corrected chi connectivity index (χ3v) is 3.14. The highest BCUT2D eigenvalue weighted by Gasteiger charge is 1.91. The van der Waals surface area contributed by atoms with Gasteiger partial charge < -0.3 is 10.1 Å². The number of nitrogens with one attached hydrogen (secondary N) is 1. The molecule has 1 aromatic carbocycles. The first-order chi connectivity index (χ1) is 9.93. The van der Waals surface area contributed by atoms with Crippen LogP contribution in [0.25, 0.3) is 6.08 Å². The fourth-order valence-electron chi connectivity index (χ4n) is 2.01. The molecule has 0 bridgehead atoms. The predicted octanol–water partition coefficient (Wildman–Crippen LogP) is 4.28. The van der Waals surface area contributed by atoms with Crippen LogP contribution in [0.5, 0.6) is 0 Å². The maximum Gasteiger partial charge on any atom is 0.0650 e. The van der Waals surface area contributed by atoms with Gasteiger partial charge in [0.1, 0.15) is 0 Å². The number of unbranched alkanes of at least 4 members (excludes halogenated alkanes) is 3. The van der Waals surface area contributed by atoms with Gasteiger partial charge in [0.15, 0.2) is 0 Å². The van der Waals surface area contributed by atoms with Crippen LogP contribution in [0.3, 0.4) is 0 Å². The van der Waals surface area contributed by atoms with Gasteiger partial charge in [-0.25, -0.2) is 0 Å². The summed E-state index contributed by atoms with van der Waals surface area (Å²) in [5.41, 5.74) is 1.23. The minimum absolute atomic E-state index is 0.715. The first-order valence-electron chi connectivity index (χ1n) is 7.93. The highest BCUT2D eigenvalue weighted by molar-refractivity contribution is 5.48. The number of hydrogen-bond donors (Lipinski definition) is 1. The monoisotopic (exact) mass is 275 g/mol. The van der Waals surface area contributed by atoms with Crippen molar-refractivity contribution in [3.63, 3.8) is 0 Å². The molecule has 2 heteroatoms. The van der Waals surface area contributed by atoms with Gasteiger partial charge in [-0.2, -0.15) is 0 Å². The van der Waals surface area contributed by atoms with Crippen LogP contribution >= 0.6 is 0 Å². The Hall–Kier alpha value is -1.12. The van der Waals surface area contributed by atoms with Gasteiger partial charge >= 0.3 is 0 Å². The first kappa shape index (κ1) is 16.9. The number of benzene rings is 1. The largest absolute Gasteiger partial charge is 0.377 e. The molecule has 0 aliphatic rings. The summed E-state index contributed by atoms with van der Waals surface area (Å²) in [6.07, 6.45) is 10.5. The number of rotatable bonds is 12. The van der Waals surface area contributed by atoms with E-state index in [1.54, 1.807) is 0 Å². The second-order valence-corrected chi connectivity index (χ2v) is 5.05. The third-order valence-electron chi connectivity index (χ3n) is 3.14. The Morgan fingerprint density at radius 2 is 1.80 bits per heavy atom. The Morgan fingerprint density at radius 3 is 2.60 bits per heavy atom. The lowest BCUT2D eigenvalue weighted by Crippen LogP contribution is -2.15. The van der Waals surface area contributed by atoms with Crippen molar-refractivity contribution in [2.24, 2.45) is 0 Å². The van der Waals surface area contributed by atoms with E-state index in [1.807, 2.05) is 6.07 Å². The molecule has 1 rings (SSSR count). The third kappa shape index (κ3) is 9.76. The first-order valence-corrected chi connectivity index (χ1v) is 7.93. The Bertz CT molecular complexity index is 335. The topological polar surface area (TPSA) is 21.3 Å². The van der Waals surface area contributed by atoms with Crippen LogP contribution in [-0.4, -0.2) is 26.3 Å². The molecule has 1 aromatic rings. The predicted molar refractivity (Wildman–Crippen MR) is 87.9 cm³/mol. The highest BCUT2D eigenvalue weighted by atomic mass is 16.5. The molecule has 112 valence electrons. The molecule has 0 aromatic heterocycles. The van der Waals surface area contributed by atoms with E-state index in [1.165, 1.54) is 37.7 Å². The van der Waals surface area contributed by atoms with E-state index in [9.17, 15) is 0 Å². The average Bonchev–Trinajstić information content (AvgIpc) is 2.49. The van der Waals surface area contributed by atoms with Gasteiger partial charge in [0.2, 0.25) is 0 Å². The SMILES string of the molecule is CCCNCCCCCCOCC=Cc1ccccc1. The summed E-state index contributed by atoms with van der Waals surface area (Å²) in [6.45, 7) is 6.11. The van der Waals surface area contributed by atoms with Crippen molar-refractivity contribution < 1.29 is 4.74 Å². The summed E-state index contributed by atoms with van der Waals surface area (Å²) in [7, 11) is 0. The highest BCUT2D eigenvalue weighted by Crippen LogP contribution is 2.02. The van der Waals surface area contributed by atoms with Gasteiger partial charge in [-0.1, -0.05) is 62.2 Å². The zero-order valence-corrected chi connectivity index (χ0v) is 12.8. The average molecular weight is 275 g/mol. The van der Waals surface area contributed by atoms with Crippen LogP contribution in [0.2, 0.25) is 0 Å². The van der Waals surface area contributed by atoms with Gasteiger partial charge in [-0.05, 0) is 37.9 Å². The van der Waals surface area contributed by atoms with E-state index < -0.39 is 0 Å². The van der Waals surface area contributed by atoms with Gasteiger partial charge in [-0.3, -0.25) is 0 Å². The van der Waals surface area contributed by atoms with Crippen LogP contribution in [0, 0.1) is 0 Å². The second-order valence-electron chi connectivity index (χ2n) is 5.05. The van der Waals surface area contributed by atoms with Crippen molar-refractivity contribution in [1.29, 1.82) is 0 Å². The molecule has 0 aliphatic carbocycles. The molecule has 20 heavy (non-hydrogen) atoms. The number of hydrogen-bond acceptors (Lipinski definition) is 2. The van der Waals surface area contributed by atoms with E-state index in [4.69, 9.17) is 4.74 Å². The molecule has 0 amide bonds. The van der Waals surface area contributed by atoms with E-state index in [2.05, 4.69) is 48.7 Å². The van der Waals surface area contributed by atoms with Crippen molar-refractivity contribution >= 4 is 6.08 Å². The van der Waals surface area contributed by atoms with Crippen LogP contribution in [0.4, 0.5) is 0 Å². The summed E-state index contributed by atoms with van der Waals surface area (Å²) < 4.78 is 5.60. The maximum atomic E-state index is 5.60. The van der Waals surface area contributed by atoms with Gasteiger partial charge in [0.25, 0.3) is 0 Å². The minimum Gasteiger partial charge on any atom is -0.377 e. The van der Waals surface area contributed by atoms with E-state index in [0.717, 1.165) is 19.7 Å². The summed E-state index contributed by atoms with van der Waals surface area (Å²) in [6, 6.07) is 10.3. The Balaban J connectivity index is 1.84. The summed E-state index contributed by atoms with van der Waals surface area (Å²) in [4.78, 5) is 0. The zero-order chi connectivity index (χ0) is 14.3. The molecule has 0 fully saturated rings. The van der Waals surface area contributed by atoms with E-state index in [-0.39, 0.29) is 0 Å². The molecule has 0 radical (unpaired) electrons. The molecule has 0 aliphatic heterocycles. The van der Waals surface area contributed by atoms with Gasteiger partial charge in [0, 0.05) is 6.61 Å². The lowest BCUT2D eigenvalue weighted by Gasteiger charge is -2.03. The minimum atomic E-state index is 0.715. The quantitative estimate of drug-likeness (QED) is 0.575. The molecule has 1 N–H and O–H groups in total. The normalized spacial score (nSPS) is 11.2. The van der Waals surface area contributed by atoms with Crippen LogP contribution < -0.4 is 5.32 Å². The molecule has 0 saturated heterocycles. The van der Waals surface area contributed by atoms with Crippen LogP contribution in [0.1, 0.15) is 44.6 Å². The smallest absolute Gasteiger partial charge is 0.0650 e. The lowest BCUT2D eigenvalue weighted by molar-refractivity contribution is 0.157. The van der Waals surface area contributed by atoms with Gasteiger partial charge in [0.05, 0.1) is 6.61 Å². The molecule has 0 unspecified atom stereocenters. The lowest BCUT2D eigenvalue weighted by atomic mass is 10.2. The van der Waals surface area contributed by atoms with Crippen LogP contribution in [-0.2, 0) is 4.74 Å². The fraction of sp³-hybridized carbons (Fsp3) is 0.556. The standard InChI is InChI=1S/C18H29NO/c1-2-14-19-15-8-3-4-9-16-20-17-10-13-18-11-6-5-7-12-18/h5-7,10-13,19H,2-4,8-9,14-17H2,1H3. The molecular formula is C18H29NO. The number of ether oxygens (including phenoxy) is 1. The Labute approximate surface area is 124 Å². The summed E-state index contributed by atoms with van der Waals surface area (Å²) in [5, 5.41) is 3.43. The zero-order valence-electron chi connectivity index (χ0n) is 12.8. The van der Waals surface area contributed by atoms with Gasteiger partial charge in [-0.15, -0.1) is 0 Å². The van der Waals surface area contributed by atoms with Crippen molar-refractivity contribution in [1.82, 2.24) is 5.32 Å². The molecule has 0 heterocycles. The fourth-order valence-corrected chi connectivity index (χ4v) is 2.01. The van der Waals surface area contributed by atoms with Crippen molar-refractivity contribution in [3.05, 3.63) is 42.0 Å². The molecule has 0 spiro atoms. The van der Waals surface area contributed by atoms with Crippen molar-refractivity contribution in [2.45, 2.75) is 39.0 Å². The molecule has 0 saturated carbocycles. The Kier molecular flexibility index (Phi) is 10.9.